The Kier molecular flexibility index (Phi) is 4.53. The Morgan fingerprint density at radius 2 is 2.00 bits per heavy atom. The van der Waals surface area contributed by atoms with Gasteiger partial charge in [-0.1, -0.05) is 6.42 Å². The molecule has 1 aromatic rings. The Hall–Kier alpha value is -1.03. The van der Waals surface area contributed by atoms with E-state index in [0.29, 0.717) is 28.4 Å². The van der Waals surface area contributed by atoms with Crippen LogP contribution in [0.4, 0.5) is 4.39 Å². The summed E-state index contributed by atoms with van der Waals surface area (Å²) in [6.45, 7) is 2.33. The molecule has 0 saturated carbocycles. The molecule has 1 aromatic carbocycles. The number of rotatable bonds is 4. The minimum atomic E-state index is -0.394. The number of thioether (sulfide) groups is 1. The normalized spacial score (nSPS) is 28.2. The number of carbonyl (C=O) groups is 1. The molecule has 114 valence electrons. The molecule has 0 aromatic heterocycles. The Morgan fingerprint density at radius 1 is 1.29 bits per heavy atom. The molecule has 2 saturated heterocycles. The molecule has 2 fully saturated rings. The van der Waals surface area contributed by atoms with Crippen molar-refractivity contribution in [1.29, 1.82) is 0 Å². The van der Waals surface area contributed by atoms with Crippen LogP contribution in [-0.2, 0) is 0 Å². The molecule has 2 heterocycles. The fraction of sp³-hybridized carbons (Fsp3) is 0.588. The zero-order chi connectivity index (χ0) is 14.8. The van der Waals surface area contributed by atoms with Crippen molar-refractivity contribution in [2.24, 2.45) is 5.92 Å². The van der Waals surface area contributed by atoms with E-state index in [-0.39, 0.29) is 11.7 Å². The smallest absolute Gasteiger partial charge is 0.166 e. The van der Waals surface area contributed by atoms with Crippen LogP contribution in [0.15, 0.2) is 18.2 Å². The number of ether oxygens (including phenoxy) is 1. The molecule has 2 aliphatic rings. The lowest BCUT2D eigenvalue weighted by Crippen LogP contribution is -2.32. The van der Waals surface area contributed by atoms with Gasteiger partial charge in [-0.05, 0) is 44.7 Å². The van der Waals surface area contributed by atoms with E-state index in [1.807, 2.05) is 6.92 Å². The maximum Gasteiger partial charge on any atom is 0.166 e. The maximum atomic E-state index is 13.7. The monoisotopic (exact) mass is 308 g/mol. The molecule has 2 atom stereocenters. The summed E-state index contributed by atoms with van der Waals surface area (Å²) >= 11 is 2.05. The van der Waals surface area contributed by atoms with Gasteiger partial charge in [-0.15, -0.1) is 0 Å². The molecule has 2 nitrogen and oxygen atoms in total. The van der Waals surface area contributed by atoms with Crippen molar-refractivity contribution >= 4 is 17.5 Å². The highest BCUT2D eigenvalue weighted by atomic mass is 32.2. The molecule has 21 heavy (non-hydrogen) atoms. The van der Waals surface area contributed by atoms with Crippen LogP contribution in [0.3, 0.4) is 0 Å². The van der Waals surface area contributed by atoms with Gasteiger partial charge in [-0.2, -0.15) is 11.8 Å². The predicted molar refractivity (Wildman–Crippen MR) is 83.6 cm³/mol. The van der Waals surface area contributed by atoms with E-state index >= 15 is 0 Å². The summed E-state index contributed by atoms with van der Waals surface area (Å²) < 4.78 is 19.0. The quantitative estimate of drug-likeness (QED) is 0.768. The van der Waals surface area contributed by atoms with Crippen molar-refractivity contribution in [3.63, 3.8) is 0 Å². The minimum Gasteiger partial charge on any atom is -0.494 e. The molecular formula is C17H21FO2S. The second-order valence-corrected chi connectivity index (χ2v) is 7.56. The maximum absolute atomic E-state index is 13.7. The molecular weight excluding hydrogens is 287 g/mol. The van der Waals surface area contributed by atoms with E-state index < -0.39 is 5.82 Å². The summed E-state index contributed by atoms with van der Waals surface area (Å²) in [6, 6.07) is 4.38. The third-order valence-corrected chi connectivity index (χ3v) is 6.00. The summed E-state index contributed by atoms with van der Waals surface area (Å²) in [5.74, 6) is 0.200. The van der Waals surface area contributed by atoms with Crippen LogP contribution in [0, 0.1) is 11.7 Å². The predicted octanol–water partition coefficient (Wildman–Crippen LogP) is 4.47. The molecule has 3 rings (SSSR count). The molecule has 0 spiro atoms. The summed E-state index contributed by atoms with van der Waals surface area (Å²) in [7, 11) is 0. The van der Waals surface area contributed by atoms with Gasteiger partial charge in [-0.25, -0.2) is 4.39 Å². The topological polar surface area (TPSA) is 26.3 Å². The van der Waals surface area contributed by atoms with Gasteiger partial charge in [0.1, 0.15) is 11.6 Å². The number of carbonyl (C=O) groups excluding carboxylic acids is 1. The number of ketones is 1. The lowest BCUT2D eigenvalue weighted by atomic mass is 9.84. The summed E-state index contributed by atoms with van der Waals surface area (Å²) in [5.41, 5.74) is 0.466. The molecule has 0 amide bonds. The van der Waals surface area contributed by atoms with Crippen LogP contribution in [0.2, 0.25) is 0 Å². The van der Waals surface area contributed by atoms with E-state index in [1.165, 1.54) is 31.4 Å². The van der Waals surface area contributed by atoms with Gasteiger partial charge in [-0.3, -0.25) is 4.79 Å². The number of hydrogen-bond acceptors (Lipinski definition) is 3. The lowest BCUT2D eigenvalue weighted by Gasteiger charge is -2.38. The van der Waals surface area contributed by atoms with Crippen LogP contribution in [0.25, 0.3) is 0 Å². The van der Waals surface area contributed by atoms with Crippen LogP contribution in [0.1, 0.15) is 49.4 Å². The summed E-state index contributed by atoms with van der Waals surface area (Å²) in [5, 5.41) is 1.23. The zero-order valence-electron chi connectivity index (χ0n) is 12.3. The molecule has 2 aliphatic heterocycles. The highest BCUT2D eigenvalue weighted by Gasteiger charge is 2.36. The van der Waals surface area contributed by atoms with Gasteiger partial charge >= 0.3 is 0 Å². The average molecular weight is 308 g/mol. The molecule has 4 heteroatoms. The first-order valence-corrected chi connectivity index (χ1v) is 8.73. The number of Topliss-reactive ketones (excluding diaryl/α,β-unsaturated/α-hetero) is 1. The van der Waals surface area contributed by atoms with Gasteiger partial charge in [0, 0.05) is 28.0 Å². The van der Waals surface area contributed by atoms with Crippen LogP contribution in [-0.4, -0.2) is 22.9 Å². The van der Waals surface area contributed by atoms with E-state index in [1.54, 1.807) is 6.07 Å². The van der Waals surface area contributed by atoms with Gasteiger partial charge in [0.15, 0.2) is 5.78 Å². The van der Waals surface area contributed by atoms with E-state index in [9.17, 15) is 9.18 Å². The van der Waals surface area contributed by atoms with Crippen LogP contribution >= 0.6 is 11.8 Å². The van der Waals surface area contributed by atoms with Crippen molar-refractivity contribution in [2.75, 3.05) is 6.61 Å². The standard InChI is InChI=1S/C17H21FO2S/c1-2-20-14-7-11(6-13(18)10-14)17(19)12-8-15-4-3-5-16(9-12)21-15/h6-7,10,12,15-16H,2-5,8-9H2,1H3. The largest absolute Gasteiger partial charge is 0.494 e. The van der Waals surface area contributed by atoms with Crippen LogP contribution in [0.5, 0.6) is 5.75 Å². The van der Waals surface area contributed by atoms with E-state index in [4.69, 9.17) is 4.74 Å². The van der Waals surface area contributed by atoms with E-state index in [2.05, 4.69) is 11.8 Å². The Morgan fingerprint density at radius 3 is 2.67 bits per heavy atom. The second kappa shape index (κ2) is 6.39. The molecule has 0 N–H and O–H groups in total. The highest BCUT2D eigenvalue weighted by molar-refractivity contribution is 8.00. The van der Waals surface area contributed by atoms with Crippen LogP contribution < -0.4 is 4.74 Å². The second-order valence-electron chi connectivity index (χ2n) is 5.95. The van der Waals surface area contributed by atoms with Gasteiger partial charge in [0.05, 0.1) is 6.61 Å². The van der Waals surface area contributed by atoms with Gasteiger partial charge in [0.25, 0.3) is 0 Å². The lowest BCUT2D eigenvalue weighted by molar-refractivity contribution is 0.0895. The third-order valence-electron chi connectivity index (χ3n) is 4.37. The molecule has 0 aliphatic carbocycles. The van der Waals surface area contributed by atoms with Gasteiger partial charge in [0.2, 0.25) is 0 Å². The van der Waals surface area contributed by atoms with Crippen molar-refractivity contribution in [3.05, 3.63) is 29.6 Å². The first-order chi connectivity index (χ1) is 10.2. The minimum absolute atomic E-state index is 0.0535. The van der Waals surface area contributed by atoms with Crippen molar-refractivity contribution in [2.45, 2.75) is 49.5 Å². The fourth-order valence-corrected chi connectivity index (χ4v) is 5.30. The Labute approximate surface area is 129 Å². The fourth-order valence-electron chi connectivity index (χ4n) is 3.46. The van der Waals surface area contributed by atoms with Crippen molar-refractivity contribution in [1.82, 2.24) is 0 Å². The molecule has 2 unspecified atom stereocenters. The molecule has 0 radical (unpaired) electrons. The zero-order valence-corrected chi connectivity index (χ0v) is 13.1. The third kappa shape index (κ3) is 3.42. The summed E-state index contributed by atoms with van der Waals surface area (Å²) in [4.78, 5) is 12.7. The average Bonchev–Trinajstić information content (AvgIpc) is 2.45. The first kappa shape index (κ1) is 14.9. The first-order valence-electron chi connectivity index (χ1n) is 7.78. The van der Waals surface area contributed by atoms with Crippen molar-refractivity contribution in [3.8, 4) is 5.75 Å². The molecule has 2 bridgehead atoms. The van der Waals surface area contributed by atoms with E-state index in [0.717, 1.165) is 12.8 Å². The highest BCUT2D eigenvalue weighted by Crippen LogP contribution is 2.44. The summed E-state index contributed by atoms with van der Waals surface area (Å²) in [6.07, 6.45) is 5.62. The number of halogens is 1. The Bertz CT molecular complexity index is 520. The number of hydrogen-bond donors (Lipinski definition) is 0. The number of benzene rings is 1. The van der Waals surface area contributed by atoms with Crippen molar-refractivity contribution < 1.29 is 13.9 Å². The number of fused-ring (bicyclic) bond motifs is 2. The SMILES string of the molecule is CCOc1cc(F)cc(C(=O)C2CC3CCCC(C2)S3)c1. The Balaban J connectivity index is 1.78. The van der Waals surface area contributed by atoms with Gasteiger partial charge < -0.3 is 4.74 Å².